The fourth-order valence-electron chi connectivity index (χ4n) is 2.61. The van der Waals surface area contributed by atoms with Gasteiger partial charge < -0.3 is 14.4 Å². The lowest BCUT2D eigenvalue weighted by Gasteiger charge is -2.27. The van der Waals surface area contributed by atoms with E-state index in [1.54, 1.807) is 7.11 Å². The summed E-state index contributed by atoms with van der Waals surface area (Å²) >= 11 is 6.18. The van der Waals surface area contributed by atoms with Crippen molar-refractivity contribution in [2.24, 2.45) is 5.10 Å². The number of morpholine rings is 1. The van der Waals surface area contributed by atoms with E-state index in [2.05, 4.69) is 25.4 Å². The monoisotopic (exact) mass is 375 g/mol. The van der Waals surface area contributed by atoms with E-state index < -0.39 is 0 Å². The first kappa shape index (κ1) is 18.4. The lowest BCUT2D eigenvalue weighted by molar-refractivity contribution is 0.122. The van der Waals surface area contributed by atoms with Gasteiger partial charge in [-0.15, -0.1) is 0 Å². The average Bonchev–Trinajstić information content (AvgIpc) is 2.66. The van der Waals surface area contributed by atoms with Gasteiger partial charge in [-0.2, -0.15) is 10.1 Å². The Labute approximate surface area is 158 Å². The second-order valence-corrected chi connectivity index (χ2v) is 6.36. The molecule has 1 aromatic carbocycles. The van der Waals surface area contributed by atoms with Crippen molar-refractivity contribution in [3.8, 4) is 5.75 Å². The van der Waals surface area contributed by atoms with E-state index in [0.717, 1.165) is 30.1 Å². The third-order valence-corrected chi connectivity index (χ3v) is 4.34. The summed E-state index contributed by atoms with van der Waals surface area (Å²) in [6.07, 6.45) is 0. The second kappa shape index (κ2) is 8.33. The highest BCUT2D eigenvalue weighted by Gasteiger charge is 2.15. The predicted octanol–water partition coefficient (Wildman–Crippen LogP) is 3.12. The van der Waals surface area contributed by atoms with Crippen molar-refractivity contribution in [1.82, 2.24) is 9.97 Å². The minimum Gasteiger partial charge on any atom is -0.495 e. The van der Waals surface area contributed by atoms with Gasteiger partial charge in [-0.3, -0.25) is 5.43 Å². The van der Waals surface area contributed by atoms with Crippen molar-refractivity contribution >= 4 is 29.1 Å². The Morgan fingerprint density at radius 3 is 2.73 bits per heavy atom. The van der Waals surface area contributed by atoms with Crippen LogP contribution in [0.3, 0.4) is 0 Å². The van der Waals surface area contributed by atoms with Gasteiger partial charge in [0.25, 0.3) is 0 Å². The van der Waals surface area contributed by atoms with Gasteiger partial charge in [0.1, 0.15) is 5.75 Å². The summed E-state index contributed by atoms with van der Waals surface area (Å²) in [6, 6.07) is 7.42. The Morgan fingerprint density at radius 2 is 2.04 bits per heavy atom. The Kier molecular flexibility index (Phi) is 5.90. The van der Waals surface area contributed by atoms with Crippen LogP contribution in [0, 0.1) is 6.92 Å². The van der Waals surface area contributed by atoms with Gasteiger partial charge >= 0.3 is 0 Å². The molecule has 2 aromatic rings. The zero-order chi connectivity index (χ0) is 18.5. The molecule has 1 aromatic heterocycles. The number of nitrogens with zero attached hydrogens (tertiary/aromatic N) is 4. The lowest BCUT2D eigenvalue weighted by Crippen LogP contribution is -2.37. The molecule has 26 heavy (non-hydrogen) atoms. The molecule has 1 saturated heterocycles. The predicted molar refractivity (Wildman–Crippen MR) is 104 cm³/mol. The molecule has 1 aliphatic heterocycles. The zero-order valence-electron chi connectivity index (χ0n) is 15.1. The van der Waals surface area contributed by atoms with Crippen LogP contribution in [0.2, 0.25) is 5.02 Å². The fraction of sp³-hybridized carbons (Fsp3) is 0.389. The molecule has 0 amide bonds. The number of aromatic nitrogens is 2. The summed E-state index contributed by atoms with van der Waals surface area (Å²) in [6.45, 7) is 6.80. The van der Waals surface area contributed by atoms with Crippen LogP contribution < -0.4 is 15.1 Å². The number of hydrogen-bond acceptors (Lipinski definition) is 7. The van der Waals surface area contributed by atoms with E-state index in [4.69, 9.17) is 21.1 Å². The first-order chi connectivity index (χ1) is 12.6. The number of hydrogen-bond donors (Lipinski definition) is 1. The molecule has 2 heterocycles. The minimum absolute atomic E-state index is 0.548. The molecule has 1 aliphatic rings. The smallest absolute Gasteiger partial charge is 0.227 e. The van der Waals surface area contributed by atoms with E-state index in [0.29, 0.717) is 35.8 Å². The van der Waals surface area contributed by atoms with Gasteiger partial charge in [0.05, 0.1) is 31.1 Å². The van der Waals surface area contributed by atoms with Gasteiger partial charge in [0.15, 0.2) is 5.82 Å². The van der Waals surface area contributed by atoms with Gasteiger partial charge in [0.2, 0.25) is 5.95 Å². The summed E-state index contributed by atoms with van der Waals surface area (Å²) in [7, 11) is 1.59. The first-order valence-electron chi connectivity index (χ1n) is 8.39. The molecule has 138 valence electrons. The molecular weight excluding hydrogens is 354 g/mol. The molecule has 0 spiro atoms. The van der Waals surface area contributed by atoms with Crippen molar-refractivity contribution in [3.05, 3.63) is 40.5 Å². The van der Waals surface area contributed by atoms with Gasteiger partial charge in [-0.05, 0) is 37.6 Å². The number of rotatable bonds is 5. The Bertz CT molecular complexity index is 806. The number of ether oxygens (including phenoxy) is 2. The van der Waals surface area contributed by atoms with Crippen LogP contribution in [-0.2, 0) is 4.74 Å². The molecule has 3 rings (SSSR count). The van der Waals surface area contributed by atoms with Crippen LogP contribution in [-0.4, -0.2) is 49.1 Å². The molecule has 0 aliphatic carbocycles. The van der Waals surface area contributed by atoms with Crippen molar-refractivity contribution in [1.29, 1.82) is 0 Å². The van der Waals surface area contributed by atoms with E-state index in [1.807, 2.05) is 38.1 Å². The number of anilines is 2. The quantitative estimate of drug-likeness (QED) is 0.639. The first-order valence-corrected chi connectivity index (χ1v) is 8.77. The Morgan fingerprint density at radius 1 is 1.27 bits per heavy atom. The van der Waals surface area contributed by atoms with Crippen molar-refractivity contribution < 1.29 is 9.47 Å². The maximum atomic E-state index is 6.18. The molecule has 0 unspecified atom stereocenters. The third-order valence-electron chi connectivity index (χ3n) is 4.04. The molecule has 1 N–H and O–H groups in total. The topological polar surface area (TPSA) is 71.9 Å². The minimum atomic E-state index is 0.548. The second-order valence-electron chi connectivity index (χ2n) is 5.95. The van der Waals surface area contributed by atoms with Crippen LogP contribution in [0.25, 0.3) is 0 Å². The van der Waals surface area contributed by atoms with Crippen LogP contribution in [0.15, 0.2) is 29.4 Å². The van der Waals surface area contributed by atoms with Crippen LogP contribution in [0.5, 0.6) is 5.75 Å². The number of nitrogens with one attached hydrogen (secondary N) is 1. The average molecular weight is 376 g/mol. The molecular formula is C18H22ClN5O2. The number of halogens is 1. The van der Waals surface area contributed by atoms with Crippen molar-refractivity contribution in [3.63, 3.8) is 0 Å². The molecule has 7 nitrogen and oxygen atoms in total. The van der Waals surface area contributed by atoms with Crippen LogP contribution >= 0.6 is 11.6 Å². The van der Waals surface area contributed by atoms with E-state index >= 15 is 0 Å². The third kappa shape index (κ3) is 4.42. The van der Waals surface area contributed by atoms with E-state index in [-0.39, 0.29) is 0 Å². The highest BCUT2D eigenvalue weighted by atomic mass is 35.5. The number of benzene rings is 1. The van der Waals surface area contributed by atoms with E-state index in [1.165, 1.54) is 0 Å². The summed E-state index contributed by atoms with van der Waals surface area (Å²) in [5.74, 6) is 1.98. The van der Waals surface area contributed by atoms with Crippen molar-refractivity contribution in [2.45, 2.75) is 13.8 Å². The molecule has 0 atom stereocenters. The Hall–Kier alpha value is -2.38. The van der Waals surface area contributed by atoms with Crippen molar-refractivity contribution in [2.75, 3.05) is 43.7 Å². The van der Waals surface area contributed by atoms with Gasteiger partial charge in [-0.1, -0.05) is 11.6 Å². The normalized spacial score (nSPS) is 15.1. The summed E-state index contributed by atoms with van der Waals surface area (Å²) in [5.41, 5.74) is 5.59. The molecule has 1 fully saturated rings. The van der Waals surface area contributed by atoms with Gasteiger partial charge in [0, 0.05) is 24.8 Å². The van der Waals surface area contributed by atoms with Gasteiger partial charge in [-0.25, -0.2) is 4.98 Å². The lowest BCUT2D eigenvalue weighted by atomic mass is 10.1. The summed E-state index contributed by atoms with van der Waals surface area (Å²) < 4.78 is 10.6. The Balaban J connectivity index is 1.76. The highest BCUT2D eigenvalue weighted by molar-refractivity contribution is 6.32. The summed E-state index contributed by atoms with van der Waals surface area (Å²) in [4.78, 5) is 11.2. The molecule has 0 saturated carbocycles. The van der Waals surface area contributed by atoms with Crippen LogP contribution in [0.4, 0.5) is 11.8 Å². The largest absolute Gasteiger partial charge is 0.495 e. The van der Waals surface area contributed by atoms with E-state index in [9.17, 15) is 0 Å². The standard InChI is InChI=1S/C18H22ClN5O2/c1-12-10-17(21-18(20-12)24-6-8-26-9-7-24)23-22-13(2)14-4-5-16(25-3)15(19)11-14/h4-5,10-11H,6-9H2,1-3H3,(H,20,21,23)/b22-13-. The van der Waals surface area contributed by atoms with Crippen LogP contribution in [0.1, 0.15) is 18.2 Å². The maximum Gasteiger partial charge on any atom is 0.227 e. The zero-order valence-corrected chi connectivity index (χ0v) is 15.9. The number of aryl methyl sites for hydroxylation is 1. The molecule has 0 bridgehead atoms. The summed E-state index contributed by atoms with van der Waals surface area (Å²) in [5, 5.41) is 4.97. The fourth-order valence-corrected chi connectivity index (χ4v) is 2.87. The molecule has 8 heteroatoms. The number of methoxy groups -OCH3 is 1. The number of hydrazone groups is 1. The molecule has 0 radical (unpaired) electrons. The maximum absolute atomic E-state index is 6.18. The highest BCUT2D eigenvalue weighted by Crippen LogP contribution is 2.25. The SMILES string of the molecule is COc1ccc(/C(C)=N\Nc2cc(C)nc(N3CCOCC3)n2)cc1Cl.